The van der Waals surface area contributed by atoms with E-state index in [2.05, 4.69) is 5.32 Å². The fourth-order valence-corrected chi connectivity index (χ4v) is 3.78. The molecule has 0 radical (unpaired) electrons. The maximum atomic E-state index is 12.2. The largest absolute Gasteiger partial charge is 0.481 e. The first-order valence-electron chi connectivity index (χ1n) is 6.47. The van der Waals surface area contributed by atoms with Crippen LogP contribution in [0.15, 0.2) is 16.3 Å². The molecule has 1 amide bonds. The number of carboxylic acids is 1. The average molecular weight is 333 g/mol. The van der Waals surface area contributed by atoms with Crippen LogP contribution in [0.3, 0.4) is 0 Å². The highest BCUT2D eigenvalue weighted by atomic mass is 32.2. The Morgan fingerprint density at radius 2 is 1.86 bits per heavy atom. The van der Waals surface area contributed by atoms with Crippen molar-refractivity contribution in [2.45, 2.75) is 42.9 Å². The second kappa shape index (κ2) is 6.57. The third kappa shape index (κ3) is 4.53. The first-order chi connectivity index (χ1) is 9.63. The number of carbonyl (C=O) groups is 2. The second-order valence-electron chi connectivity index (χ2n) is 4.90. The molecule has 0 unspecified atom stereocenters. The third-order valence-electron chi connectivity index (χ3n) is 3.39. The lowest BCUT2D eigenvalue weighted by Crippen LogP contribution is -2.48. The number of carboxylic acid groups (broad SMARTS) is 1. The van der Waals surface area contributed by atoms with Crippen LogP contribution in [0.1, 0.15) is 42.8 Å². The first-order valence-corrected chi connectivity index (χ1v) is 9.18. The SMILES string of the molecule is CCC(CC)(CC(=O)O)NC(=O)c1ccc(S(C)(=O)=O)s1. The summed E-state index contributed by atoms with van der Waals surface area (Å²) >= 11 is 0.881. The van der Waals surface area contributed by atoms with Crippen LogP contribution < -0.4 is 5.32 Å². The van der Waals surface area contributed by atoms with E-state index in [-0.39, 0.29) is 15.5 Å². The molecule has 8 heteroatoms. The molecule has 0 bridgehead atoms. The molecule has 0 aliphatic heterocycles. The van der Waals surface area contributed by atoms with Crippen molar-refractivity contribution in [2.75, 3.05) is 6.26 Å². The van der Waals surface area contributed by atoms with Crippen molar-refractivity contribution in [3.05, 3.63) is 17.0 Å². The van der Waals surface area contributed by atoms with E-state index in [0.29, 0.717) is 12.8 Å². The van der Waals surface area contributed by atoms with E-state index in [0.717, 1.165) is 17.6 Å². The maximum absolute atomic E-state index is 12.2. The van der Waals surface area contributed by atoms with Gasteiger partial charge < -0.3 is 10.4 Å². The van der Waals surface area contributed by atoms with Crippen molar-refractivity contribution in [1.82, 2.24) is 5.32 Å². The molecule has 0 aromatic carbocycles. The quantitative estimate of drug-likeness (QED) is 0.794. The van der Waals surface area contributed by atoms with Gasteiger partial charge in [-0.3, -0.25) is 9.59 Å². The monoisotopic (exact) mass is 333 g/mol. The van der Waals surface area contributed by atoms with Crippen molar-refractivity contribution < 1.29 is 23.1 Å². The summed E-state index contributed by atoms with van der Waals surface area (Å²) in [5.41, 5.74) is -0.821. The van der Waals surface area contributed by atoms with Crippen LogP contribution in [0.2, 0.25) is 0 Å². The summed E-state index contributed by atoms with van der Waals surface area (Å²) < 4.78 is 22.9. The number of thiophene rings is 1. The van der Waals surface area contributed by atoms with Gasteiger partial charge in [-0.25, -0.2) is 8.42 Å². The zero-order valence-corrected chi connectivity index (χ0v) is 13.8. The molecule has 2 N–H and O–H groups in total. The molecule has 6 nitrogen and oxygen atoms in total. The Bertz CT molecular complexity index is 629. The smallest absolute Gasteiger partial charge is 0.305 e. The van der Waals surface area contributed by atoms with E-state index >= 15 is 0 Å². The highest BCUT2D eigenvalue weighted by Crippen LogP contribution is 2.24. The van der Waals surface area contributed by atoms with Crippen LogP contribution in [0.5, 0.6) is 0 Å². The Hall–Kier alpha value is -1.41. The Kier molecular flexibility index (Phi) is 5.52. The molecule has 0 saturated carbocycles. The zero-order chi connectivity index (χ0) is 16.3. The van der Waals surface area contributed by atoms with Crippen molar-refractivity contribution in [3.8, 4) is 0 Å². The van der Waals surface area contributed by atoms with Crippen molar-refractivity contribution in [3.63, 3.8) is 0 Å². The number of hydrogen-bond acceptors (Lipinski definition) is 5. The molecule has 0 fully saturated rings. The van der Waals surface area contributed by atoms with Crippen LogP contribution in [-0.2, 0) is 14.6 Å². The van der Waals surface area contributed by atoms with Crippen LogP contribution in [0.25, 0.3) is 0 Å². The van der Waals surface area contributed by atoms with Gasteiger partial charge in [0.05, 0.1) is 16.8 Å². The molecule has 0 aliphatic carbocycles. The van der Waals surface area contributed by atoms with Gasteiger partial charge in [-0.1, -0.05) is 13.8 Å². The van der Waals surface area contributed by atoms with Crippen molar-refractivity contribution in [2.24, 2.45) is 0 Å². The zero-order valence-electron chi connectivity index (χ0n) is 12.2. The van der Waals surface area contributed by atoms with Gasteiger partial charge in [0.25, 0.3) is 5.91 Å². The molecule has 1 aromatic rings. The van der Waals surface area contributed by atoms with E-state index in [4.69, 9.17) is 5.11 Å². The van der Waals surface area contributed by atoms with E-state index in [1.54, 1.807) is 0 Å². The summed E-state index contributed by atoms with van der Waals surface area (Å²) in [4.78, 5) is 23.4. The second-order valence-corrected chi connectivity index (χ2v) is 8.23. The Labute approximate surface area is 128 Å². The van der Waals surface area contributed by atoms with Gasteiger partial charge >= 0.3 is 5.97 Å². The van der Waals surface area contributed by atoms with E-state index < -0.39 is 27.3 Å². The standard InChI is InChI=1S/C13H19NO5S2/c1-4-13(5-2,8-10(15)16)14-12(17)9-6-7-11(20-9)21(3,18)19/h6-7H,4-5,8H2,1-3H3,(H,14,17)(H,15,16). The van der Waals surface area contributed by atoms with Crippen LogP contribution >= 0.6 is 11.3 Å². The van der Waals surface area contributed by atoms with Crippen LogP contribution in [0, 0.1) is 0 Å². The number of aliphatic carboxylic acids is 1. The minimum absolute atomic E-state index is 0.115. The molecule has 1 aromatic heterocycles. The lowest BCUT2D eigenvalue weighted by molar-refractivity contribution is -0.138. The summed E-state index contributed by atoms with van der Waals surface area (Å²) in [5, 5.41) is 11.7. The minimum atomic E-state index is -3.34. The highest BCUT2D eigenvalue weighted by Gasteiger charge is 2.31. The lowest BCUT2D eigenvalue weighted by atomic mass is 9.89. The van der Waals surface area contributed by atoms with Gasteiger partial charge in [0.15, 0.2) is 9.84 Å². The van der Waals surface area contributed by atoms with Crippen LogP contribution in [-0.4, -0.2) is 37.2 Å². The number of rotatable bonds is 7. The topological polar surface area (TPSA) is 101 Å². The lowest BCUT2D eigenvalue weighted by Gasteiger charge is -2.31. The summed E-state index contributed by atoms with van der Waals surface area (Å²) in [6.07, 6.45) is 1.86. The third-order valence-corrected chi connectivity index (χ3v) is 6.30. The molecular weight excluding hydrogens is 314 g/mol. The van der Waals surface area contributed by atoms with Crippen LogP contribution in [0.4, 0.5) is 0 Å². The number of carbonyl (C=O) groups excluding carboxylic acids is 1. The van der Waals surface area contributed by atoms with Gasteiger partial charge in [-0.2, -0.15) is 0 Å². The van der Waals surface area contributed by atoms with E-state index in [9.17, 15) is 18.0 Å². The summed E-state index contributed by atoms with van der Waals surface area (Å²) in [6, 6.07) is 2.82. The molecule has 0 atom stereocenters. The number of amides is 1. The molecule has 0 aliphatic rings. The van der Waals surface area contributed by atoms with Gasteiger partial charge in [0.2, 0.25) is 0 Å². The predicted molar refractivity (Wildman–Crippen MR) is 80.5 cm³/mol. The van der Waals surface area contributed by atoms with E-state index in [1.807, 2.05) is 13.8 Å². The molecular formula is C13H19NO5S2. The fraction of sp³-hybridized carbons (Fsp3) is 0.538. The summed E-state index contributed by atoms with van der Waals surface area (Å²) in [5.74, 6) is -1.43. The maximum Gasteiger partial charge on any atom is 0.305 e. The highest BCUT2D eigenvalue weighted by molar-refractivity contribution is 7.92. The van der Waals surface area contributed by atoms with Crippen molar-refractivity contribution >= 4 is 33.1 Å². The van der Waals surface area contributed by atoms with E-state index in [1.165, 1.54) is 12.1 Å². The number of nitrogens with one attached hydrogen (secondary N) is 1. The Morgan fingerprint density at radius 3 is 2.24 bits per heavy atom. The molecule has 118 valence electrons. The predicted octanol–water partition coefficient (Wildman–Crippen LogP) is 1.91. The molecule has 1 rings (SSSR count). The minimum Gasteiger partial charge on any atom is -0.481 e. The van der Waals surface area contributed by atoms with Crippen molar-refractivity contribution in [1.29, 1.82) is 0 Å². The molecule has 1 heterocycles. The molecule has 0 saturated heterocycles. The Morgan fingerprint density at radius 1 is 1.29 bits per heavy atom. The van der Waals surface area contributed by atoms with Gasteiger partial charge in [-0.15, -0.1) is 11.3 Å². The summed E-state index contributed by atoms with van der Waals surface area (Å²) in [7, 11) is -3.34. The molecule has 0 spiro atoms. The fourth-order valence-electron chi connectivity index (χ4n) is 1.95. The first kappa shape index (κ1) is 17.6. The number of hydrogen-bond donors (Lipinski definition) is 2. The normalized spacial score (nSPS) is 12.1. The summed E-state index contributed by atoms with van der Waals surface area (Å²) in [6.45, 7) is 3.62. The average Bonchev–Trinajstić information content (AvgIpc) is 2.86. The van der Waals surface area contributed by atoms with Gasteiger partial charge in [0.1, 0.15) is 4.21 Å². The number of sulfone groups is 1. The molecule has 21 heavy (non-hydrogen) atoms. The Balaban J connectivity index is 2.97. The van der Waals surface area contributed by atoms with Gasteiger partial charge in [-0.05, 0) is 25.0 Å². The van der Waals surface area contributed by atoms with Gasteiger partial charge in [0, 0.05) is 6.26 Å².